The van der Waals surface area contributed by atoms with Gasteiger partial charge >= 0.3 is 6.18 Å². The molecule has 1 unspecified atom stereocenters. The van der Waals surface area contributed by atoms with Crippen molar-refractivity contribution in [1.29, 1.82) is 0 Å². The molecule has 2 amide bonds. The van der Waals surface area contributed by atoms with Crippen LogP contribution in [0.2, 0.25) is 0 Å². The van der Waals surface area contributed by atoms with Gasteiger partial charge in [-0.2, -0.15) is 18.3 Å². The fourth-order valence-electron chi connectivity index (χ4n) is 3.96. The predicted octanol–water partition coefficient (Wildman–Crippen LogP) is 5.20. The van der Waals surface area contributed by atoms with Crippen LogP contribution in [0.3, 0.4) is 0 Å². The molecule has 2 heterocycles. The summed E-state index contributed by atoms with van der Waals surface area (Å²) in [6.07, 6.45) is -3.21. The molecule has 0 spiro atoms. The summed E-state index contributed by atoms with van der Waals surface area (Å²) < 4.78 is 68.0. The van der Waals surface area contributed by atoms with E-state index in [-0.39, 0.29) is 22.3 Å². The van der Waals surface area contributed by atoms with Gasteiger partial charge in [0.15, 0.2) is 5.69 Å². The number of nitrogens with two attached hydrogens (primary N) is 1. The van der Waals surface area contributed by atoms with Crippen molar-refractivity contribution in [2.45, 2.75) is 25.2 Å². The number of benzene rings is 2. The van der Waals surface area contributed by atoms with Gasteiger partial charge in [0, 0.05) is 17.8 Å². The fourth-order valence-corrected chi connectivity index (χ4v) is 4.38. The molecule has 4 aromatic rings. The number of amides is 2. The number of alkyl halides is 3. The zero-order valence-electron chi connectivity index (χ0n) is 19.8. The Balaban J connectivity index is 1.71. The Hall–Kier alpha value is -4.13. The second-order valence-corrected chi connectivity index (χ2v) is 9.27. The maximum absolute atomic E-state index is 14.1. The zero-order valence-corrected chi connectivity index (χ0v) is 21.4. The van der Waals surface area contributed by atoms with E-state index in [0.29, 0.717) is 16.7 Å². The first-order valence-corrected chi connectivity index (χ1v) is 12.1. The third kappa shape index (κ3) is 6.66. The van der Waals surface area contributed by atoms with Crippen molar-refractivity contribution in [3.63, 3.8) is 0 Å². The smallest absolute Gasteiger partial charge is 0.366 e. The van der Waals surface area contributed by atoms with Crippen LogP contribution < -0.4 is 11.1 Å². The van der Waals surface area contributed by atoms with Gasteiger partial charge in [-0.3, -0.25) is 14.6 Å². The van der Waals surface area contributed by atoms with E-state index in [1.54, 1.807) is 18.2 Å². The number of rotatable bonds is 8. The summed E-state index contributed by atoms with van der Waals surface area (Å²) in [7, 11) is 0. The second-order valence-electron chi connectivity index (χ2n) is 8.46. The molecule has 0 bridgehead atoms. The van der Waals surface area contributed by atoms with Crippen LogP contribution >= 0.6 is 15.9 Å². The molecule has 202 valence electrons. The summed E-state index contributed by atoms with van der Waals surface area (Å²) in [5.41, 5.74) is 5.33. The van der Waals surface area contributed by atoms with Crippen molar-refractivity contribution in [2.24, 2.45) is 5.73 Å². The van der Waals surface area contributed by atoms with Crippen LogP contribution in [-0.4, -0.2) is 26.6 Å². The quantitative estimate of drug-likeness (QED) is 0.269. The minimum Gasteiger partial charge on any atom is -0.366 e. The van der Waals surface area contributed by atoms with Crippen molar-refractivity contribution >= 4 is 27.7 Å². The predicted molar refractivity (Wildman–Crippen MR) is 134 cm³/mol. The first-order chi connectivity index (χ1) is 18.4. The van der Waals surface area contributed by atoms with Crippen LogP contribution in [0.5, 0.6) is 0 Å². The van der Waals surface area contributed by atoms with Crippen LogP contribution in [0.25, 0.3) is 11.1 Å². The summed E-state index contributed by atoms with van der Waals surface area (Å²) >= 11 is 2.98. The van der Waals surface area contributed by atoms with E-state index in [2.05, 4.69) is 31.3 Å². The first-order valence-electron chi connectivity index (χ1n) is 11.3. The Bertz CT molecular complexity index is 1540. The Kier molecular flexibility index (Phi) is 8.09. The van der Waals surface area contributed by atoms with Crippen LogP contribution in [-0.2, 0) is 23.9 Å². The van der Waals surface area contributed by atoms with E-state index in [1.165, 1.54) is 36.5 Å². The third-order valence-electron chi connectivity index (χ3n) is 5.69. The second kappa shape index (κ2) is 11.3. The standard InChI is InChI=1S/C26H19BrF5N5O2/c27-22-12-21(26(30,31)32)36-37(22)13-23(38)35-20(10-14-3-1-4-16(28)9-14)24-17(5-2-8-34-24)15-6-7-19(29)18(11-15)25(33)39/h1-9,11-12,20H,10,13H2,(H2,33,39)(H,35,38). The summed E-state index contributed by atoms with van der Waals surface area (Å²) in [4.78, 5) is 29.1. The third-order valence-corrected chi connectivity index (χ3v) is 6.33. The highest BCUT2D eigenvalue weighted by atomic mass is 79.9. The number of nitrogens with zero attached hydrogens (tertiary/aromatic N) is 3. The average Bonchev–Trinajstić information content (AvgIpc) is 3.24. The summed E-state index contributed by atoms with van der Waals surface area (Å²) in [5.74, 6) is -3.01. The number of primary amides is 1. The number of pyridine rings is 1. The van der Waals surface area contributed by atoms with Gasteiger partial charge in [-0.05, 0) is 63.8 Å². The van der Waals surface area contributed by atoms with Gasteiger partial charge in [0.05, 0.1) is 17.3 Å². The van der Waals surface area contributed by atoms with Gasteiger partial charge in [-0.15, -0.1) is 0 Å². The minimum absolute atomic E-state index is 0.0471. The van der Waals surface area contributed by atoms with Gasteiger partial charge < -0.3 is 11.1 Å². The topological polar surface area (TPSA) is 103 Å². The van der Waals surface area contributed by atoms with Gasteiger partial charge in [0.25, 0.3) is 5.91 Å². The van der Waals surface area contributed by atoms with Gasteiger partial charge in [-0.25, -0.2) is 13.5 Å². The van der Waals surface area contributed by atoms with E-state index >= 15 is 0 Å². The van der Waals surface area contributed by atoms with Crippen LogP contribution in [0.1, 0.15) is 33.4 Å². The zero-order chi connectivity index (χ0) is 28.3. The highest BCUT2D eigenvalue weighted by Gasteiger charge is 2.35. The molecule has 0 saturated carbocycles. The molecule has 3 N–H and O–H groups in total. The van der Waals surface area contributed by atoms with E-state index < -0.39 is 47.9 Å². The maximum Gasteiger partial charge on any atom is 0.435 e. The van der Waals surface area contributed by atoms with E-state index in [9.17, 15) is 31.5 Å². The summed E-state index contributed by atoms with van der Waals surface area (Å²) in [6, 6.07) is 12.4. The highest BCUT2D eigenvalue weighted by Crippen LogP contribution is 2.31. The van der Waals surface area contributed by atoms with Crippen LogP contribution in [0.4, 0.5) is 22.0 Å². The number of carbonyl (C=O) groups excluding carboxylic acids is 2. The number of hydrogen-bond acceptors (Lipinski definition) is 4. The largest absolute Gasteiger partial charge is 0.435 e. The first kappa shape index (κ1) is 27.9. The molecule has 0 fully saturated rings. The number of halogens is 6. The van der Waals surface area contributed by atoms with Crippen LogP contribution in [0.15, 0.2) is 71.5 Å². The number of carbonyl (C=O) groups is 2. The van der Waals surface area contributed by atoms with E-state index in [0.717, 1.165) is 16.8 Å². The molecule has 39 heavy (non-hydrogen) atoms. The molecular formula is C26H19BrF5N5O2. The molecule has 0 aliphatic carbocycles. The average molecular weight is 608 g/mol. The van der Waals surface area contributed by atoms with E-state index in [4.69, 9.17) is 5.73 Å². The van der Waals surface area contributed by atoms with Gasteiger partial charge in [0.2, 0.25) is 5.91 Å². The lowest BCUT2D eigenvalue weighted by atomic mass is 9.94. The Labute approximate surface area is 227 Å². The summed E-state index contributed by atoms with van der Waals surface area (Å²) in [5, 5.41) is 6.17. The number of hydrogen-bond donors (Lipinski definition) is 2. The monoisotopic (exact) mass is 607 g/mol. The number of aromatic nitrogens is 3. The molecule has 1 atom stereocenters. The minimum atomic E-state index is -4.70. The van der Waals surface area contributed by atoms with Crippen LogP contribution in [0, 0.1) is 11.6 Å². The molecule has 7 nitrogen and oxygen atoms in total. The molecule has 0 radical (unpaired) electrons. The maximum atomic E-state index is 14.1. The molecule has 13 heteroatoms. The molecule has 0 aliphatic heterocycles. The van der Waals surface area contributed by atoms with Crippen molar-refractivity contribution < 1.29 is 31.5 Å². The Morgan fingerprint density at radius 3 is 2.49 bits per heavy atom. The molecule has 0 saturated heterocycles. The van der Waals surface area contributed by atoms with Gasteiger partial charge in [-0.1, -0.05) is 24.3 Å². The lowest BCUT2D eigenvalue weighted by Gasteiger charge is -2.22. The van der Waals surface area contributed by atoms with Gasteiger partial charge in [0.1, 0.15) is 22.8 Å². The van der Waals surface area contributed by atoms with Crippen molar-refractivity contribution in [1.82, 2.24) is 20.1 Å². The van der Waals surface area contributed by atoms with E-state index in [1.807, 2.05) is 0 Å². The highest BCUT2D eigenvalue weighted by molar-refractivity contribution is 9.10. The lowest BCUT2D eigenvalue weighted by Crippen LogP contribution is -2.34. The van der Waals surface area contributed by atoms with Crippen molar-refractivity contribution in [2.75, 3.05) is 0 Å². The Morgan fingerprint density at radius 1 is 1.05 bits per heavy atom. The molecule has 0 aliphatic rings. The SMILES string of the molecule is NC(=O)c1cc(-c2cccnc2C(Cc2cccc(F)c2)NC(=O)Cn2nc(C(F)(F)F)cc2Br)ccc1F. The lowest BCUT2D eigenvalue weighted by molar-refractivity contribution is -0.141. The number of nitrogens with one attached hydrogen (secondary N) is 1. The molecular weight excluding hydrogens is 589 g/mol. The van der Waals surface area contributed by atoms with Crippen molar-refractivity contribution in [3.8, 4) is 11.1 Å². The molecule has 2 aromatic heterocycles. The fraction of sp³-hybridized carbons (Fsp3) is 0.154. The summed E-state index contributed by atoms with van der Waals surface area (Å²) in [6.45, 7) is -0.569. The normalized spacial score (nSPS) is 12.3. The molecule has 4 rings (SSSR count). The van der Waals surface area contributed by atoms with Crippen molar-refractivity contribution in [3.05, 3.63) is 106 Å². The molecule has 2 aromatic carbocycles. The Morgan fingerprint density at radius 2 is 1.82 bits per heavy atom.